The summed E-state index contributed by atoms with van der Waals surface area (Å²) in [6.07, 6.45) is -3.19. The van der Waals surface area contributed by atoms with Gasteiger partial charge in [0.2, 0.25) is 5.82 Å². The van der Waals surface area contributed by atoms with Gasteiger partial charge in [-0.1, -0.05) is 17.3 Å². The quantitative estimate of drug-likeness (QED) is 0.460. The van der Waals surface area contributed by atoms with Crippen molar-refractivity contribution in [2.24, 2.45) is 0 Å². The van der Waals surface area contributed by atoms with Gasteiger partial charge < -0.3 is 4.52 Å². The first-order valence-electron chi connectivity index (χ1n) is 8.08. The van der Waals surface area contributed by atoms with Gasteiger partial charge in [-0.05, 0) is 42.8 Å². The Kier molecular flexibility index (Phi) is 4.02. The Labute approximate surface area is 155 Å². The molecule has 9 heteroatoms. The molecule has 0 unspecified atom stereocenters. The number of carbonyl (C=O) groups excluding carboxylic acids is 1. The van der Waals surface area contributed by atoms with Crippen LogP contribution in [0.1, 0.15) is 21.8 Å². The number of alkyl halides is 3. The number of aryl methyl sites for hydroxylation is 1. The van der Waals surface area contributed by atoms with E-state index in [1.54, 1.807) is 31.3 Å². The van der Waals surface area contributed by atoms with Crippen LogP contribution in [0, 0.1) is 12.7 Å². The van der Waals surface area contributed by atoms with E-state index < -0.39 is 23.8 Å². The van der Waals surface area contributed by atoms with Crippen LogP contribution in [0.5, 0.6) is 0 Å². The molecule has 4 aromatic rings. The molecule has 0 bridgehead atoms. The van der Waals surface area contributed by atoms with E-state index in [1.165, 1.54) is 28.8 Å². The number of halogens is 4. The lowest BCUT2D eigenvalue weighted by Crippen LogP contribution is -2.12. The lowest BCUT2D eigenvalue weighted by atomic mass is 10.1. The second kappa shape index (κ2) is 6.29. The van der Waals surface area contributed by atoms with Crippen LogP contribution >= 0.6 is 0 Å². The summed E-state index contributed by atoms with van der Waals surface area (Å²) in [6, 6.07) is 10.2. The van der Waals surface area contributed by atoms with Crippen molar-refractivity contribution in [1.29, 1.82) is 0 Å². The Balaban J connectivity index is 1.78. The van der Waals surface area contributed by atoms with Gasteiger partial charge in [0.25, 0.3) is 5.91 Å². The first-order chi connectivity index (χ1) is 13.3. The maximum atomic E-state index is 14.0. The second-order valence-corrected chi connectivity index (χ2v) is 6.12. The molecular weight excluding hydrogens is 378 g/mol. The molecule has 0 N–H and O–H groups in total. The summed E-state index contributed by atoms with van der Waals surface area (Å²) in [5, 5.41) is 3.96. The average molecular weight is 389 g/mol. The van der Waals surface area contributed by atoms with Gasteiger partial charge in [0.15, 0.2) is 0 Å². The van der Waals surface area contributed by atoms with Crippen molar-refractivity contribution in [3.63, 3.8) is 0 Å². The van der Waals surface area contributed by atoms with Gasteiger partial charge in [0.05, 0.1) is 11.1 Å². The van der Waals surface area contributed by atoms with Crippen molar-refractivity contribution in [2.45, 2.75) is 13.1 Å². The lowest BCUT2D eigenvalue weighted by molar-refractivity contribution is -0.159. The van der Waals surface area contributed by atoms with Gasteiger partial charge in [-0.25, -0.2) is 4.39 Å². The molecule has 0 aliphatic rings. The fourth-order valence-corrected chi connectivity index (χ4v) is 2.92. The summed E-state index contributed by atoms with van der Waals surface area (Å²) in [5.74, 6) is -2.86. The Morgan fingerprint density at radius 3 is 2.57 bits per heavy atom. The SMILES string of the molecule is Cc1cn(C(=O)c2ccccc2F)c2ccc(-c3noc(C(F)(F)F)n3)cc12. The normalized spacial score (nSPS) is 11.9. The zero-order valence-corrected chi connectivity index (χ0v) is 14.3. The highest BCUT2D eigenvalue weighted by atomic mass is 19.4. The van der Waals surface area contributed by atoms with Crippen molar-refractivity contribution in [2.75, 3.05) is 0 Å². The maximum absolute atomic E-state index is 14.0. The molecule has 2 aromatic carbocycles. The van der Waals surface area contributed by atoms with Crippen molar-refractivity contribution in [1.82, 2.24) is 14.7 Å². The predicted molar refractivity (Wildman–Crippen MR) is 91.1 cm³/mol. The number of fused-ring (bicyclic) bond motifs is 1. The van der Waals surface area contributed by atoms with E-state index in [-0.39, 0.29) is 11.4 Å². The minimum atomic E-state index is -4.74. The van der Waals surface area contributed by atoms with Gasteiger partial charge in [0.1, 0.15) is 5.82 Å². The topological polar surface area (TPSA) is 60.9 Å². The molecule has 5 nitrogen and oxygen atoms in total. The van der Waals surface area contributed by atoms with Crippen molar-refractivity contribution in [3.8, 4) is 11.4 Å². The summed E-state index contributed by atoms with van der Waals surface area (Å²) < 4.78 is 57.5. The summed E-state index contributed by atoms with van der Waals surface area (Å²) >= 11 is 0. The molecule has 0 aliphatic carbocycles. The van der Waals surface area contributed by atoms with Crippen LogP contribution in [0.25, 0.3) is 22.3 Å². The van der Waals surface area contributed by atoms with E-state index in [1.807, 2.05) is 0 Å². The van der Waals surface area contributed by atoms with Crippen LogP contribution in [0.15, 0.2) is 53.2 Å². The van der Waals surface area contributed by atoms with Crippen LogP contribution in [-0.4, -0.2) is 20.6 Å². The molecule has 0 aliphatic heterocycles. The van der Waals surface area contributed by atoms with Crippen molar-refractivity contribution >= 4 is 16.8 Å². The molecule has 0 atom stereocenters. The number of hydrogen-bond acceptors (Lipinski definition) is 4. The zero-order chi connectivity index (χ0) is 20.1. The maximum Gasteiger partial charge on any atom is 0.471 e. The molecule has 2 aromatic heterocycles. The highest BCUT2D eigenvalue weighted by Crippen LogP contribution is 2.31. The van der Waals surface area contributed by atoms with Crippen LogP contribution in [0.4, 0.5) is 17.6 Å². The van der Waals surface area contributed by atoms with Crippen LogP contribution < -0.4 is 0 Å². The Hall–Kier alpha value is -3.49. The molecule has 2 heterocycles. The molecule has 0 saturated heterocycles. The summed E-state index contributed by atoms with van der Waals surface area (Å²) in [5.41, 5.74) is 1.37. The fraction of sp³-hybridized carbons (Fsp3) is 0.105. The average Bonchev–Trinajstić information content (AvgIpc) is 3.27. The van der Waals surface area contributed by atoms with Gasteiger partial charge in [-0.3, -0.25) is 9.36 Å². The van der Waals surface area contributed by atoms with E-state index in [0.717, 1.165) is 0 Å². The number of carbonyl (C=O) groups is 1. The summed E-state index contributed by atoms with van der Waals surface area (Å²) in [7, 11) is 0. The Bertz CT molecular complexity index is 1210. The van der Waals surface area contributed by atoms with Crippen LogP contribution in [0.3, 0.4) is 0 Å². The lowest BCUT2D eigenvalue weighted by Gasteiger charge is -2.05. The van der Waals surface area contributed by atoms with Crippen molar-refractivity contribution < 1.29 is 26.9 Å². The van der Waals surface area contributed by atoms with Crippen LogP contribution in [-0.2, 0) is 6.18 Å². The fourth-order valence-electron chi connectivity index (χ4n) is 2.92. The summed E-state index contributed by atoms with van der Waals surface area (Å²) in [4.78, 5) is 16.1. The van der Waals surface area contributed by atoms with Gasteiger partial charge in [0, 0.05) is 17.1 Å². The molecule has 142 valence electrons. The molecule has 4 rings (SSSR count). The molecule has 0 radical (unpaired) electrons. The van der Waals surface area contributed by atoms with Crippen molar-refractivity contribution in [3.05, 3.63) is 71.5 Å². The third-order valence-corrected chi connectivity index (χ3v) is 4.25. The number of benzene rings is 2. The standard InChI is InChI=1S/C19H11F4N3O2/c1-10-9-26(17(27)12-4-2-3-5-14(12)20)15-7-6-11(8-13(10)15)16-24-18(28-25-16)19(21,22)23/h2-9H,1H3. The van der Waals surface area contributed by atoms with E-state index in [0.29, 0.717) is 22.0 Å². The smallest absolute Gasteiger partial charge is 0.329 e. The summed E-state index contributed by atoms with van der Waals surface area (Å²) in [6.45, 7) is 1.73. The highest BCUT2D eigenvalue weighted by molar-refractivity contribution is 6.03. The van der Waals surface area contributed by atoms with Gasteiger partial charge in [-0.2, -0.15) is 18.2 Å². The third-order valence-electron chi connectivity index (χ3n) is 4.25. The van der Waals surface area contributed by atoms with E-state index in [9.17, 15) is 22.4 Å². The van der Waals surface area contributed by atoms with E-state index in [2.05, 4.69) is 14.7 Å². The number of rotatable bonds is 2. The second-order valence-electron chi connectivity index (χ2n) is 6.12. The number of nitrogens with zero attached hydrogens (tertiary/aromatic N) is 3. The van der Waals surface area contributed by atoms with E-state index in [4.69, 9.17) is 0 Å². The minimum Gasteiger partial charge on any atom is -0.329 e. The first-order valence-corrected chi connectivity index (χ1v) is 8.08. The Morgan fingerprint density at radius 1 is 1.14 bits per heavy atom. The highest BCUT2D eigenvalue weighted by Gasteiger charge is 2.38. The molecule has 0 fully saturated rings. The van der Waals surface area contributed by atoms with Gasteiger partial charge >= 0.3 is 12.1 Å². The third kappa shape index (κ3) is 2.94. The number of hydrogen-bond donors (Lipinski definition) is 0. The zero-order valence-electron chi connectivity index (χ0n) is 14.3. The largest absolute Gasteiger partial charge is 0.471 e. The van der Waals surface area contributed by atoms with Crippen LogP contribution in [0.2, 0.25) is 0 Å². The molecular formula is C19H11F4N3O2. The molecule has 0 saturated carbocycles. The molecule has 0 amide bonds. The molecule has 28 heavy (non-hydrogen) atoms. The molecule has 0 spiro atoms. The first kappa shape index (κ1) is 17.9. The Morgan fingerprint density at radius 2 is 1.89 bits per heavy atom. The van der Waals surface area contributed by atoms with E-state index >= 15 is 0 Å². The minimum absolute atomic E-state index is 0.0866. The van der Waals surface area contributed by atoms with Gasteiger partial charge in [-0.15, -0.1) is 0 Å². The number of aromatic nitrogens is 3. The predicted octanol–water partition coefficient (Wildman–Crippen LogP) is 4.85. The monoisotopic (exact) mass is 389 g/mol.